The van der Waals surface area contributed by atoms with Crippen molar-refractivity contribution in [3.8, 4) is 11.5 Å². The lowest BCUT2D eigenvalue weighted by Gasteiger charge is -2.34. The second kappa shape index (κ2) is 6.99. The van der Waals surface area contributed by atoms with Crippen molar-refractivity contribution in [3.05, 3.63) is 52.3 Å². The number of para-hydroxylation sites is 2. The van der Waals surface area contributed by atoms with Crippen LogP contribution in [0, 0.1) is 4.77 Å². The zero-order chi connectivity index (χ0) is 19.1. The second-order valence-corrected chi connectivity index (χ2v) is 7.15. The number of aliphatic hydroxyl groups is 1. The highest BCUT2D eigenvalue weighted by molar-refractivity contribution is 7.71. The van der Waals surface area contributed by atoms with E-state index in [2.05, 4.69) is 21.6 Å². The van der Waals surface area contributed by atoms with E-state index in [1.54, 1.807) is 14.2 Å². The van der Waals surface area contributed by atoms with E-state index in [4.69, 9.17) is 21.7 Å². The van der Waals surface area contributed by atoms with Crippen molar-refractivity contribution in [1.82, 2.24) is 14.0 Å². The van der Waals surface area contributed by atoms with Crippen molar-refractivity contribution in [3.63, 3.8) is 0 Å². The van der Waals surface area contributed by atoms with Crippen molar-refractivity contribution < 1.29 is 14.6 Å². The lowest BCUT2D eigenvalue weighted by molar-refractivity contribution is 0.0709. The van der Waals surface area contributed by atoms with Gasteiger partial charge >= 0.3 is 0 Å². The molecule has 27 heavy (non-hydrogen) atoms. The molecule has 4 rings (SSSR count). The summed E-state index contributed by atoms with van der Waals surface area (Å²) in [6.45, 7) is 1.75. The Hall–Kier alpha value is -2.35. The summed E-state index contributed by atoms with van der Waals surface area (Å²) in [4.78, 5) is 2.18. The smallest absolute Gasteiger partial charge is 0.181 e. The van der Waals surface area contributed by atoms with E-state index in [0.29, 0.717) is 25.5 Å². The number of aliphatic hydroxyl groups excluding tert-OH is 1. The Morgan fingerprint density at radius 1 is 1.07 bits per heavy atom. The second-order valence-electron chi connectivity index (χ2n) is 6.79. The van der Waals surface area contributed by atoms with Gasteiger partial charge in [0.05, 0.1) is 38.0 Å². The first kappa shape index (κ1) is 18.0. The SMILES string of the molecule is COc1ccc(OC)c2c1CN(Cn1c(=S)n(C)c3ccccc31)CC2O. The van der Waals surface area contributed by atoms with Crippen molar-refractivity contribution in [2.24, 2.45) is 7.05 Å². The van der Waals surface area contributed by atoms with Crippen LogP contribution < -0.4 is 9.47 Å². The van der Waals surface area contributed by atoms with E-state index in [1.807, 2.05) is 35.9 Å². The average Bonchev–Trinajstić information content (AvgIpc) is 2.92. The van der Waals surface area contributed by atoms with E-state index in [1.165, 1.54) is 0 Å². The van der Waals surface area contributed by atoms with Gasteiger partial charge in [0.2, 0.25) is 0 Å². The number of β-amino-alcohol motifs (C(OH)–C–C–N with tert-alkyl or cyclic N) is 1. The number of ether oxygens (including phenoxy) is 2. The largest absolute Gasteiger partial charge is 0.496 e. The minimum atomic E-state index is -0.650. The number of aromatic nitrogens is 2. The molecule has 1 aromatic heterocycles. The fourth-order valence-corrected chi connectivity index (χ4v) is 4.21. The number of methoxy groups -OCH3 is 2. The Bertz CT molecular complexity index is 1060. The minimum absolute atomic E-state index is 0.502. The van der Waals surface area contributed by atoms with Crippen molar-refractivity contribution in [2.75, 3.05) is 20.8 Å². The molecule has 0 spiro atoms. The van der Waals surface area contributed by atoms with Crippen LogP contribution in [0.4, 0.5) is 0 Å². The Labute approximate surface area is 163 Å². The van der Waals surface area contributed by atoms with E-state index >= 15 is 0 Å². The number of hydrogen-bond acceptors (Lipinski definition) is 5. The number of benzene rings is 2. The van der Waals surface area contributed by atoms with Gasteiger partial charge in [-0.2, -0.15) is 0 Å². The topological polar surface area (TPSA) is 51.8 Å². The predicted molar refractivity (Wildman–Crippen MR) is 107 cm³/mol. The molecule has 0 bridgehead atoms. The van der Waals surface area contributed by atoms with E-state index < -0.39 is 6.10 Å². The van der Waals surface area contributed by atoms with Gasteiger partial charge in [0, 0.05) is 31.3 Å². The Morgan fingerprint density at radius 2 is 1.74 bits per heavy atom. The van der Waals surface area contributed by atoms with Gasteiger partial charge in [-0.1, -0.05) is 12.1 Å². The summed E-state index contributed by atoms with van der Waals surface area (Å²) in [6.07, 6.45) is -0.650. The molecule has 0 saturated heterocycles. The maximum atomic E-state index is 10.8. The number of fused-ring (bicyclic) bond motifs is 2. The third kappa shape index (κ3) is 2.92. The van der Waals surface area contributed by atoms with Crippen molar-refractivity contribution in [1.29, 1.82) is 0 Å². The number of rotatable bonds is 4. The predicted octanol–water partition coefficient (Wildman–Crippen LogP) is 3.23. The van der Waals surface area contributed by atoms with Crippen molar-refractivity contribution in [2.45, 2.75) is 19.3 Å². The molecule has 3 aromatic rings. The number of aryl methyl sites for hydroxylation is 1. The molecule has 6 nitrogen and oxygen atoms in total. The van der Waals surface area contributed by atoms with Gasteiger partial charge in [-0.05, 0) is 36.5 Å². The molecule has 1 aliphatic heterocycles. The van der Waals surface area contributed by atoms with Gasteiger partial charge in [0.1, 0.15) is 11.5 Å². The highest BCUT2D eigenvalue weighted by atomic mass is 32.1. The fraction of sp³-hybridized carbons (Fsp3) is 0.350. The standard InChI is InChI=1S/C20H23N3O3S/c1-21-14-6-4-5-7-15(14)23(20(21)27)12-22-10-13-17(25-2)8-9-18(26-3)19(13)16(24)11-22/h4-9,16,24H,10-12H2,1-3H3. The van der Waals surface area contributed by atoms with E-state index in [-0.39, 0.29) is 0 Å². The third-order valence-electron chi connectivity index (χ3n) is 5.25. The normalized spacial score (nSPS) is 17.1. The first-order valence-electron chi connectivity index (χ1n) is 8.83. The van der Waals surface area contributed by atoms with Crippen LogP contribution in [-0.4, -0.2) is 39.9 Å². The van der Waals surface area contributed by atoms with E-state index in [0.717, 1.165) is 32.7 Å². The van der Waals surface area contributed by atoms with Gasteiger partial charge in [-0.3, -0.25) is 4.90 Å². The molecular formula is C20H23N3O3S. The summed E-state index contributed by atoms with van der Waals surface area (Å²) >= 11 is 5.65. The molecule has 0 aliphatic carbocycles. The molecule has 1 N–H and O–H groups in total. The summed E-state index contributed by atoms with van der Waals surface area (Å²) in [6, 6.07) is 11.9. The van der Waals surface area contributed by atoms with Gasteiger partial charge in [0.25, 0.3) is 0 Å². The van der Waals surface area contributed by atoms with E-state index in [9.17, 15) is 5.11 Å². The maximum Gasteiger partial charge on any atom is 0.181 e. The molecule has 0 amide bonds. The molecule has 7 heteroatoms. The van der Waals surface area contributed by atoms with Gasteiger partial charge < -0.3 is 23.7 Å². The van der Waals surface area contributed by atoms with Crippen LogP contribution in [0.15, 0.2) is 36.4 Å². The van der Waals surface area contributed by atoms with Crippen molar-refractivity contribution >= 4 is 23.3 Å². The number of hydrogen-bond donors (Lipinski definition) is 1. The highest BCUT2D eigenvalue weighted by Crippen LogP contribution is 2.39. The summed E-state index contributed by atoms with van der Waals surface area (Å²) in [5.41, 5.74) is 3.96. The van der Waals surface area contributed by atoms with Crippen LogP contribution in [0.5, 0.6) is 11.5 Å². The number of nitrogens with zero attached hydrogens (tertiary/aromatic N) is 3. The molecule has 1 unspecified atom stereocenters. The van der Waals surface area contributed by atoms with Crippen LogP contribution in [0.2, 0.25) is 0 Å². The first-order valence-corrected chi connectivity index (χ1v) is 9.24. The lowest BCUT2D eigenvalue weighted by atomic mass is 9.95. The van der Waals surface area contributed by atoms with Crippen LogP contribution in [0.1, 0.15) is 17.2 Å². The average molecular weight is 385 g/mol. The van der Waals surface area contributed by atoms with Gasteiger partial charge in [-0.15, -0.1) is 0 Å². The van der Waals surface area contributed by atoms with Crippen LogP contribution >= 0.6 is 12.2 Å². The third-order valence-corrected chi connectivity index (χ3v) is 5.75. The summed E-state index contributed by atoms with van der Waals surface area (Å²) < 4.78 is 15.9. The Kier molecular flexibility index (Phi) is 4.67. The zero-order valence-corrected chi connectivity index (χ0v) is 16.5. The molecule has 1 aliphatic rings. The van der Waals surface area contributed by atoms with Crippen LogP contribution in [-0.2, 0) is 20.3 Å². The first-order chi connectivity index (χ1) is 13.0. The molecule has 2 aromatic carbocycles. The molecular weight excluding hydrogens is 362 g/mol. The molecule has 0 radical (unpaired) electrons. The minimum Gasteiger partial charge on any atom is -0.496 e. The molecule has 2 heterocycles. The molecule has 0 fully saturated rings. The van der Waals surface area contributed by atoms with Gasteiger partial charge in [0.15, 0.2) is 4.77 Å². The summed E-state index contributed by atoms with van der Waals surface area (Å²) in [7, 11) is 5.25. The lowest BCUT2D eigenvalue weighted by Crippen LogP contribution is -2.35. The molecule has 0 saturated carbocycles. The Balaban J connectivity index is 1.73. The van der Waals surface area contributed by atoms with Crippen LogP contribution in [0.3, 0.4) is 0 Å². The van der Waals surface area contributed by atoms with Gasteiger partial charge in [-0.25, -0.2) is 0 Å². The van der Waals surface area contributed by atoms with Crippen LogP contribution in [0.25, 0.3) is 11.0 Å². The Morgan fingerprint density at radius 3 is 2.44 bits per heavy atom. The molecule has 142 valence electrons. The summed E-state index contributed by atoms with van der Waals surface area (Å²) in [5, 5.41) is 10.8. The fourth-order valence-electron chi connectivity index (χ4n) is 3.95. The number of imidazole rings is 1. The zero-order valence-electron chi connectivity index (χ0n) is 15.7. The quantitative estimate of drug-likeness (QED) is 0.699. The molecule has 1 atom stereocenters. The highest BCUT2D eigenvalue weighted by Gasteiger charge is 2.30. The maximum absolute atomic E-state index is 10.8. The monoisotopic (exact) mass is 385 g/mol. The summed E-state index contributed by atoms with van der Waals surface area (Å²) in [5.74, 6) is 1.45.